The van der Waals surface area contributed by atoms with E-state index in [9.17, 15) is 4.79 Å². The average Bonchev–Trinajstić information content (AvgIpc) is 2.48. The molecule has 0 unspecified atom stereocenters. The van der Waals surface area contributed by atoms with Gasteiger partial charge in [0.25, 0.3) is 0 Å². The molecule has 0 spiro atoms. The Morgan fingerprint density at radius 3 is 2.45 bits per heavy atom. The molecule has 1 aromatic carbocycles. The van der Waals surface area contributed by atoms with E-state index in [1.54, 1.807) is 0 Å². The Bertz CT molecular complexity index is 349. The van der Waals surface area contributed by atoms with E-state index >= 15 is 0 Å². The fraction of sp³-hybridized carbons (Fsp3) is 0.588. The molecule has 0 aliphatic rings. The Morgan fingerprint density at radius 2 is 1.70 bits per heavy atom. The SMILES string of the molecule is CCCCCCCC(=O)OCCCOc1ccccc1. The Balaban J connectivity index is 1.91. The van der Waals surface area contributed by atoms with Crippen molar-refractivity contribution in [2.75, 3.05) is 13.2 Å². The summed E-state index contributed by atoms with van der Waals surface area (Å²) in [5.74, 6) is 0.774. The highest BCUT2D eigenvalue weighted by Gasteiger charge is 2.02. The summed E-state index contributed by atoms with van der Waals surface area (Å²) in [4.78, 5) is 11.4. The molecule has 0 N–H and O–H groups in total. The molecule has 0 amide bonds. The van der Waals surface area contributed by atoms with Crippen molar-refractivity contribution in [2.45, 2.75) is 51.9 Å². The van der Waals surface area contributed by atoms with Crippen molar-refractivity contribution < 1.29 is 14.3 Å². The minimum Gasteiger partial charge on any atom is -0.493 e. The molecule has 0 radical (unpaired) electrons. The predicted octanol–water partition coefficient (Wildman–Crippen LogP) is 4.36. The number of ether oxygens (including phenoxy) is 2. The second-order valence-corrected chi connectivity index (χ2v) is 4.90. The van der Waals surface area contributed by atoms with Gasteiger partial charge in [-0.1, -0.05) is 50.8 Å². The van der Waals surface area contributed by atoms with Crippen LogP contribution in [-0.4, -0.2) is 19.2 Å². The van der Waals surface area contributed by atoms with Crippen LogP contribution in [0.25, 0.3) is 0 Å². The molecule has 0 aliphatic heterocycles. The molecule has 1 aromatic rings. The first kappa shape index (κ1) is 16.5. The number of para-hydroxylation sites is 1. The lowest BCUT2D eigenvalue weighted by atomic mass is 10.1. The van der Waals surface area contributed by atoms with Crippen LogP contribution >= 0.6 is 0 Å². The van der Waals surface area contributed by atoms with Crippen LogP contribution in [0.4, 0.5) is 0 Å². The fourth-order valence-corrected chi connectivity index (χ4v) is 1.90. The van der Waals surface area contributed by atoms with Crippen LogP contribution in [0.15, 0.2) is 30.3 Å². The summed E-state index contributed by atoms with van der Waals surface area (Å²) in [6, 6.07) is 9.67. The van der Waals surface area contributed by atoms with Gasteiger partial charge in [0.05, 0.1) is 13.2 Å². The van der Waals surface area contributed by atoms with E-state index in [0.717, 1.165) is 25.0 Å². The summed E-state index contributed by atoms with van der Waals surface area (Å²) in [5.41, 5.74) is 0. The Hall–Kier alpha value is -1.51. The monoisotopic (exact) mass is 278 g/mol. The molecule has 112 valence electrons. The maximum Gasteiger partial charge on any atom is 0.305 e. The van der Waals surface area contributed by atoms with Crippen molar-refractivity contribution in [1.82, 2.24) is 0 Å². The van der Waals surface area contributed by atoms with Gasteiger partial charge in [-0.2, -0.15) is 0 Å². The third kappa shape index (κ3) is 8.57. The van der Waals surface area contributed by atoms with Crippen LogP contribution in [0.3, 0.4) is 0 Å². The normalized spacial score (nSPS) is 10.2. The summed E-state index contributed by atoms with van der Waals surface area (Å²) in [6.45, 7) is 3.21. The number of hydrogen-bond donors (Lipinski definition) is 0. The first-order chi connectivity index (χ1) is 9.83. The molecule has 0 saturated heterocycles. The summed E-state index contributed by atoms with van der Waals surface area (Å²) in [5, 5.41) is 0. The minimum absolute atomic E-state index is 0.0822. The Kier molecular flexibility index (Phi) is 9.37. The Morgan fingerprint density at radius 1 is 0.950 bits per heavy atom. The lowest BCUT2D eigenvalue weighted by molar-refractivity contribution is -0.144. The van der Waals surface area contributed by atoms with E-state index in [1.807, 2.05) is 30.3 Å². The number of benzene rings is 1. The molecule has 0 aliphatic carbocycles. The van der Waals surface area contributed by atoms with Crippen molar-refractivity contribution in [3.63, 3.8) is 0 Å². The van der Waals surface area contributed by atoms with Gasteiger partial charge in [0.2, 0.25) is 0 Å². The van der Waals surface area contributed by atoms with E-state index in [0.29, 0.717) is 19.6 Å². The van der Waals surface area contributed by atoms with Crippen molar-refractivity contribution >= 4 is 5.97 Å². The van der Waals surface area contributed by atoms with Crippen molar-refractivity contribution in [3.05, 3.63) is 30.3 Å². The zero-order valence-electron chi connectivity index (χ0n) is 12.5. The average molecular weight is 278 g/mol. The minimum atomic E-state index is -0.0822. The summed E-state index contributed by atoms with van der Waals surface area (Å²) < 4.78 is 10.7. The number of carbonyl (C=O) groups excluding carboxylic acids is 1. The molecule has 1 rings (SSSR count). The highest BCUT2D eigenvalue weighted by atomic mass is 16.5. The molecule has 3 nitrogen and oxygen atoms in total. The third-order valence-corrected chi connectivity index (χ3v) is 3.05. The third-order valence-electron chi connectivity index (χ3n) is 3.05. The first-order valence-corrected chi connectivity index (χ1v) is 7.66. The van der Waals surface area contributed by atoms with Crippen molar-refractivity contribution in [1.29, 1.82) is 0 Å². The highest BCUT2D eigenvalue weighted by molar-refractivity contribution is 5.69. The van der Waals surface area contributed by atoms with E-state index in [-0.39, 0.29) is 5.97 Å². The van der Waals surface area contributed by atoms with Gasteiger partial charge < -0.3 is 9.47 Å². The van der Waals surface area contributed by atoms with Crippen molar-refractivity contribution in [2.24, 2.45) is 0 Å². The molecular weight excluding hydrogens is 252 g/mol. The molecule has 0 saturated carbocycles. The lowest BCUT2D eigenvalue weighted by Crippen LogP contribution is -2.08. The molecule has 0 aromatic heterocycles. The molecule has 0 fully saturated rings. The summed E-state index contributed by atoms with van der Waals surface area (Å²) in [6.07, 6.45) is 7.05. The maximum atomic E-state index is 11.4. The van der Waals surface area contributed by atoms with Crippen LogP contribution in [0, 0.1) is 0 Å². The molecule has 0 bridgehead atoms. The van der Waals surface area contributed by atoms with E-state index in [4.69, 9.17) is 9.47 Å². The largest absolute Gasteiger partial charge is 0.493 e. The number of carbonyl (C=O) groups is 1. The van der Waals surface area contributed by atoms with Crippen LogP contribution in [0.1, 0.15) is 51.9 Å². The fourth-order valence-electron chi connectivity index (χ4n) is 1.90. The van der Waals surface area contributed by atoms with Crippen molar-refractivity contribution in [3.8, 4) is 5.75 Å². The van der Waals surface area contributed by atoms with E-state index in [2.05, 4.69) is 6.92 Å². The number of unbranched alkanes of at least 4 members (excludes halogenated alkanes) is 4. The Labute approximate surface area is 122 Å². The van der Waals surface area contributed by atoms with Gasteiger partial charge in [0.15, 0.2) is 0 Å². The van der Waals surface area contributed by atoms with Gasteiger partial charge in [-0.3, -0.25) is 4.79 Å². The van der Waals surface area contributed by atoms with Crippen LogP contribution in [-0.2, 0) is 9.53 Å². The smallest absolute Gasteiger partial charge is 0.305 e. The molecule has 0 heterocycles. The first-order valence-electron chi connectivity index (χ1n) is 7.66. The van der Waals surface area contributed by atoms with Crippen LogP contribution in [0.2, 0.25) is 0 Å². The van der Waals surface area contributed by atoms with Gasteiger partial charge in [0.1, 0.15) is 5.75 Å². The molecule has 3 heteroatoms. The molecule has 0 atom stereocenters. The van der Waals surface area contributed by atoms with E-state index < -0.39 is 0 Å². The van der Waals surface area contributed by atoms with Gasteiger partial charge in [-0.25, -0.2) is 0 Å². The van der Waals surface area contributed by atoms with Crippen LogP contribution < -0.4 is 4.74 Å². The topological polar surface area (TPSA) is 35.5 Å². The highest BCUT2D eigenvalue weighted by Crippen LogP contribution is 2.08. The molecule has 20 heavy (non-hydrogen) atoms. The number of hydrogen-bond acceptors (Lipinski definition) is 3. The zero-order chi connectivity index (χ0) is 14.5. The number of esters is 1. The second kappa shape index (κ2) is 11.3. The summed E-state index contributed by atoms with van der Waals surface area (Å²) in [7, 11) is 0. The van der Waals surface area contributed by atoms with E-state index in [1.165, 1.54) is 19.3 Å². The van der Waals surface area contributed by atoms with Gasteiger partial charge in [0, 0.05) is 12.8 Å². The number of rotatable bonds is 11. The molecular formula is C17H26O3. The van der Waals surface area contributed by atoms with Gasteiger partial charge in [-0.05, 0) is 18.6 Å². The quantitative estimate of drug-likeness (QED) is 0.445. The van der Waals surface area contributed by atoms with Crippen LogP contribution in [0.5, 0.6) is 5.75 Å². The lowest BCUT2D eigenvalue weighted by Gasteiger charge is -2.07. The van der Waals surface area contributed by atoms with Gasteiger partial charge >= 0.3 is 5.97 Å². The van der Waals surface area contributed by atoms with Gasteiger partial charge in [-0.15, -0.1) is 0 Å². The second-order valence-electron chi connectivity index (χ2n) is 4.90. The zero-order valence-corrected chi connectivity index (χ0v) is 12.5. The summed E-state index contributed by atoms with van der Waals surface area (Å²) >= 11 is 0. The standard InChI is InChI=1S/C17H26O3/c1-2-3-4-5-9-13-17(18)20-15-10-14-19-16-11-7-6-8-12-16/h6-8,11-12H,2-5,9-10,13-15H2,1H3. The predicted molar refractivity (Wildman–Crippen MR) is 80.9 cm³/mol. The maximum absolute atomic E-state index is 11.4.